The number of rotatable bonds is 10. The van der Waals surface area contributed by atoms with Crippen LogP contribution in [-0.2, 0) is 8.85 Å². The normalized spacial score (nSPS) is 37.9. The molecule has 0 aliphatic heterocycles. The van der Waals surface area contributed by atoms with Crippen LogP contribution in [0.2, 0.25) is 36.3 Å². The van der Waals surface area contributed by atoms with Gasteiger partial charge in [-0.1, -0.05) is 93.7 Å². The van der Waals surface area contributed by atoms with Crippen LogP contribution in [0.25, 0.3) is 0 Å². The van der Waals surface area contributed by atoms with Crippen LogP contribution in [0.4, 0.5) is 0 Å². The van der Waals surface area contributed by atoms with Gasteiger partial charge in [-0.25, -0.2) is 0 Å². The van der Waals surface area contributed by atoms with Gasteiger partial charge in [0, 0.05) is 12.7 Å². The highest BCUT2D eigenvalue weighted by Gasteiger charge is 2.60. The summed E-state index contributed by atoms with van der Waals surface area (Å²) in [4.78, 5) is 0. The molecule has 0 saturated heterocycles. The van der Waals surface area contributed by atoms with Crippen LogP contribution >= 0.6 is 0 Å². The van der Waals surface area contributed by atoms with Crippen molar-refractivity contribution in [1.82, 2.24) is 0 Å². The van der Waals surface area contributed by atoms with Crippen LogP contribution < -0.4 is 0 Å². The molecule has 5 heteroatoms. The minimum atomic E-state index is -1.81. The summed E-state index contributed by atoms with van der Waals surface area (Å²) in [5.41, 5.74) is 2.27. The van der Waals surface area contributed by atoms with Crippen molar-refractivity contribution in [3.63, 3.8) is 0 Å². The number of aliphatic hydroxyl groups is 1. The lowest BCUT2D eigenvalue weighted by atomic mass is 9.47. The van der Waals surface area contributed by atoms with Crippen molar-refractivity contribution in [3.05, 3.63) is 11.6 Å². The summed E-state index contributed by atoms with van der Waals surface area (Å²) < 4.78 is 13.5. The van der Waals surface area contributed by atoms with Gasteiger partial charge in [0.1, 0.15) is 0 Å². The quantitative estimate of drug-likeness (QED) is 0.190. The fourth-order valence-electron chi connectivity index (χ4n) is 9.86. The Balaban J connectivity index is 1.37. The van der Waals surface area contributed by atoms with E-state index in [1.807, 2.05) is 0 Å². The smallest absolute Gasteiger partial charge is 0.192 e. The fraction of sp³-hybridized carbons (Fsp3) is 0.949. The zero-order chi connectivity index (χ0) is 33.1. The number of allylic oxidation sites excluding steroid dienone is 1. The van der Waals surface area contributed by atoms with Crippen LogP contribution in [-0.4, -0.2) is 40.6 Å². The van der Waals surface area contributed by atoms with E-state index in [4.69, 9.17) is 8.85 Å². The molecular weight excluding hydrogens is 573 g/mol. The summed E-state index contributed by atoms with van der Waals surface area (Å²) in [6.07, 6.45) is 15.1. The molecule has 3 nitrogen and oxygen atoms in total. The van der Waals surface area contributed by atoms with E-state index in [2.05, 4.69) is 102 Å². The summed E-state index contributed by atoms with van der Waals surface area (Å²) in [5, 5.41) is 12.3. The Hall–Kier alpha value is 0.0538. The third-order valence-electron chi connectivity index (χ3n) is 15.0. The predicted molar refractivity (Wildman–Crippen MR) is 194 cm³/mol. The molecule has 0 amide bonds. The van der Waals surface area contributed by atoms with Gasteiger partial charge in [-0.3, -0.25) is 0 Å². The largest absolute Gasteiger partial charge is 0.417 e. The molecule has 0 bridgehead atoms. The molecule has 0 radical (unpaired) electrons. The minimum absolute atomic E-state index is 0.213. The number of hydrogen-bond donors (Lipinski definition) is 1. The van der Waals surface area contributed by atoms with Crippen LogP contribution in [0.15, 0.2) is 11.6 Å². The molecule has 5 unspecified atom stereocenters. The molecule has 10 atom stereocenters. The zero-order valence-electron chi connectivity index (χ0n) is 31.7. The highest BCUT2D eigenvalue weighted by Crippen LogP contribution is 2.67. The van der Waals surface area contributed by atoms with E-state index in [1.54, 1.807) is 5.57 Å². The van der Waals surface area contributed by atoms with Gasteiger partial charge in [-0.2, -0.15) is 0 Å². The lowest BCUT2D eigenvalue weighted by Crippen LogP contribution is -2.55. The number of hydrogen-bond acceptors (Lipinski definition) is 3. The molecule has 4 rings (SSSR count). The van der Waals surface area contributed by atoms with Gasteiger partial charge in [0.05, 0.1) is 6.10 Å². The molecule has 0 aromatic rings. The first kappa shape index (κ1) is 36.9. The van der Waals surface area contributed by atoms with E-state index in [1.165, 1.54) is 51.4 Å². The molecule has 0 spiro atoms. The average molecular weight is 647 g/mol. The molecular formula is C39H74O3Si2. The van der Waals surface area contributed by atoms with E-state index in [9.17, 15) is 5.11 Å². The van der Waals surface area contributed by atoms with Gasteiger partial charge in [0.25, 0.3) is 0 Å². The van der Waals surface area contributed by atoms with Crippen molar-refractivity contribution in [1.29, 1.82) is 0 Å². The standard InChI is InChI=1S/C39H74O3Si2/c1-27(26-41-43(11,12)36(3,4)5)16-15-17-28(2)31-18-19-32-30-25-35(40)34-24-29(42-44(13,14)37(6,7)8)20-22-39(34,10)33(30)21-23-38(31,32)9/h25,27-29,31-35,40H,15-24,26H2,1-14H3/t27?,28-,29+,31?,32?,33?,34-,35?,38-,39-/m1/s1. The summed E-state index contributed by atoms with van der Waals surface area (Å²) in [6.45, 7) is 34.7. The third kappa shape index (κ3) is 7.08. The predicted octanol–water partition coefficient (Wildman–Crippen LogP) is 11.4. The first-order valence-electron chi connectivity index (χ1n) is 18.7. The van der Waals surface area contributed by atoms with Crippen molar-refractivity contribution in [2.75, 3.05) is 6.61 Å². The first-order valence-corrected chi connectivity index (χ1v) is 24.6. The van der Waals surface area contributed by atoms with Crippen LogP contribution in [0, 0.1) is 46.3 Å². The van der Waals surface area contributed by atoms with Gasteiger partial charge in [-0.15, -0.1) is 0 Å². The van der Waals surface area contributed by atoms with Crippen LogP contribution in [0.3, 0.4) is 0 Å². The van der Waals surface area contributed by atoms with Crippen LogP contribution in [0.5, 0.6) is 0 Å². The molecule has 1 N–H and O–H groups in total. The van der Waals surface area contributed by atoms with E-state index >= 15 is 0 Å². The van der Waals surface area contributed by atoms with Crippen LogP contribution in [0.1, 0.15) is 133 Å². The topological polar surface area (TPSA) is 38.7 Å². The van der Waals surface area contributed by atoms with E-state index in [0.717, 1.165) is 31.3 Å². The first-order chi connectivity index (χ1) is 20.0. The van der Waals surface area contributed by atoms with Crippen molar-refractivity contribution >= 4 is 16.6 Å². The van der Waals surface area contributed by atoms with Gasteiger partial charge < -0.3 is 14.0 Å². The van der Waals surface area contributed by atoms with E-state index < -0.39 is 16.6 Å². The lowest BCUT2D eigenvalue weighted by Gasteiger charge is -2.59. The summed E-state index contributed by atoms with van der Waals surface area (Å²) in [6, 6.07) is 0. The highest BCUT2D eigenvalue weighted by molar-refractivity contribution is 6.74. The fourth-order valence-corrected chi connectivity index (χ4v) is 12.4. The minimum Gasteiger partial charge on any atom is -0.417 e. The van der Waals surface area contributed by atoms with E-state index in [-0.39, 0.29) is 21.6 Å². The van der Waals surface area contributed by atoms with Gasteiger partial charge in [0.2, 0.25) is 0 Å². The molecule has 44 heavy (non-hydrogen) atoms. The Bertz CT molecular complexity index is 1020. The molecule has 0 heterocycles. The Morgan fingerprint density at radius 1 is 0.841 bits per heavy atom. The SMILES string of the molecule is CC(CCC[C@@H](C)C1CCC2C3=CC(O)[C@H]4C[C@@H](O[Si](C)(C)C(C)(C)C)CC[C@]4(C)C3CC[C@@]21C)CO[Si](C)(C)C(C)(C)C. The van der Waals surface area contributed by atoms with Gasteiger partial charge >= 0.3 is 0 Å². The maximum Gasteiger partial charge on any atom is 0.192 e. The summed E-state index contributed by atoms with van der Waals surface area (Å²) in [5.74, 6) is 3.88. The monoisotopic (exact) mass is 647 g/mol. The summed E-state index contributed by atoms with van der Waals surface area (Å²) in [7, 11) is -3.48. The van der Waals surface area contributed by atoms with Crippen molar-refractivity contribution in [3.8, 4) is 0 Å². The maximum absolute atomic E-state index is 11.7. The molecule has 256 valence electrons. The van der Waals surface area contributed by atoms with Crippen molar-refractivity contribution < 1.29 is 14.0 Å². The van der Waals surface area contributed by atoms with E-state index in [0.29, 0.717) is 35.2 Å². The van der Waals surface area contributed by atoms with Gasteiger partial charge in [-0.05, 0) is 134 Å². The molecule has 0 aromatic heterocycles. The number of fused-ring (bicyclic) bond motifs is 5. The molecule has 3 fully saturated rings. The molecule has 3 saturated carbocycles. The Kier molecular flexibility index (Phi) is 10.7. The second kappa shape index (κ2) is 12.8. The van der Waals surface area contributed by atoms with Crippen molar-refractivity contribution in [2.24, 2.45) is 46.3 Å². The zero-order valence-corrected chi connectivity index (χ0v) is 33.7. The highest BCUT2D eigenvalue weighted by atomic mass is 28.4. The Morgan fingerprint density at radius 2 is 1.43 bits per heavy atom. The second-order valence-corrected chi connectivity index (χ2v) is 29.5. The molecule has 4 aliphatic rings. The maximum atomic E-state index is 11.7. The molecule has 0 aromatic carbocycles. The lowest BCUT2D eigenvalue weighted by molar-refractivity contribution is -0.0808. The second-order valence-electron chi connectivity index (χ2n) is 20.0. The third-order valence-corrected chi connectivity index (χ3v) is 24.0. The average Bonchev–Trinajstić information content (AvgIpc) is 3.24. The Labute approximate surface area is 276 Å². The van der Waals surface area contributed by atoms with Crippen molar-refractivity contribution in [2.45, 2.75) is 182 Å². The Morgan fingerprint density at radius 3 is 2.05 bits per heavy atom. The number of aliphatic hydroxyl groups excluding tert-OH is 1. The summed E-state index contributed by atoms with van der Waals surface area (Å²) >= 11 is 0. The van der Waals surface area contributed by atoms with Gasteiger partial charge in [0.15, 0.2) is 16.6 Å². The molecule has 4 aliphatic carbocycles.